The van der Waals surface area contributed by atoms with Crippen LogP contribution in [-0.4, -0.2) is 37.1 Å². The number of nitrogens with one attached hydrogen (secondary N) is 1. The van der Waals surface area contributed by atoms with Crippen LogP contribution in [-0.2, 0) is 0 Å². The molecule has 0 aliphatic carbocycles. The van der Waals surface area contributed by atoms with E-state index in [0.717, 1.165) is 25.3 Å². The van der Waals surface area contributed by atoms with E-state index in [-0.39, 0.29) is 0 Å². The zero-order valence-electron chi connectivity index (χ0n) is 10.0. The molecule has 1 saturated heterocycles. The fourth-order valence-corrected chi connectivity index (χ4v) is 2.17. The Kier molecular flexibility index (Phi) is 3.58. The molecule has 1 aromatic rings. The van der Waals surface area contributed by atoms with Crippen LogP contribution in [0.5, 0.6) is 0 Å². The van der Waals surface area contributed by atoms with Crippen LogP contribution in [0.15, 0.2) is 18.3 Å². The summed E-state index contributed by atoms with van der Waals surface area (Å²) in [4.78, 5) is 17.6. The molecular weight excluding hydrogens is 216 g/mol. The number of piperidine rings is 1. The van der Waals surface area contributed by atoms with Crippen LogP contribution in [0.1, 0.15) is 23.2 Å². The molecule has 0 radical (unpaired) electrons. The number of amides is 1. The Bertz CT molecular complexity index is 407. The van der Waals surface area contributed by atoms with Gasteiger partial charge in [0.05, 0.1) is 0 Å². The van der Waals surface area contributed by atoms with E-state index >= 15 is 0 Å². The molecule has 1 aliphatic rings. The van der Waals surface area contributed by atoms with Gasteiger partial charge in [0, 0.05) is 30.9 Å². The van der Waals surface area contributed by atoms with Crippen LogP contribution in [0, 0.1) is 0 Å². The van der Waals surface area contributed by atoms with Gasteiger partial charge in [0.2, 0.25) is 5.91 Å². The van der Waals surface area contributed by atoms with Crippen molar-refractivity contribution in [1.29, 1.82) is 0 Å². The maximum atomic E-state index is 11.1. The van der Waals surface area contributed by atoms with Gasteiger partial charge in [-0.25, -0.2) is 4.98 Å². The fraction of sp³-hybridized carbons (Fsp3) is 0.500. The maximum absolute atomic E-state index is 11.1. The van der Waals surface area contributed by atoms with E-state index in [1.807, 2.05) is 7.05 Å². The fourth-order valence-electron chi connectivity index (χ4n) is 2.17. The molecule has 1 amide bonds. The van der Waals surface area contributed by atoms with Gasteiger partial charge in [0.15, 0.2) is 0 Å². The number of hydrogen-bond donors (Lipinski definition) is 2. The number of aromatic nitrogens is 1. The highest BCUT2D eigenvalue weighted by Gasteiger charge is 2.19. The minimum atomic E-state index is -0.407. The first-order valence-corrected chi connectivity index (χ1v) is 5.89. The van der Waals surface area contributed by atoms with Gasteiger partial charge in [-0.05, 0) is 32.0 Å². The van der Waals surface area contributed by atoms with Crippen molar-refractivity contribution in [3.05, 3.63) is 23.9 Å². The molecule has 1 aromatic heterocycles. The number of carbonyl (C=O) groups is 1. The summed E-state index contributed by atoms with van der Waals surface area (Å²) >= 11 is 0. The quantitative estimate of drug-likeness (QED) is 0.792. The number of carbonyl (C=O) groups excluding carboxylic acids is 1. The Morgan fingerprint density at radius 2 is 2.47 bits per heavy atom. The lowest BCUT2D eigenvalue weighted by atomic mass is 10.1. The van der Waals surface area contributed by atoms with Gasteiger partial charge in [-0.2, -0.15) is 0 Å². The van der Waals surface area contributed by atoms with Crippen LogP contribution in [0.3, 0.4) is 0 Å². The predicted octanol–water partition coefficient (Wildman–Crippen LogP) is 0.369. The number of rotatable bonds is 3. The average Bonchev–Trinajstić information content (AvgIpc) is 2.39. The lowest BCUT2D eigenvalue weighted by molar-refractivity contribution is 0.1000. The summed E-state index contributed by atoms with van der Waals surface area (Å²) in [5.74, 6) is 0.428. The number of nitrogens with two attached hydrogens (primary N) is 1. The third kappa shape index (κ3) is 2.74. The van der Waals surface area contributed by atoms with Gasteiger partial charge in [-0.3, -0.25) is 4.79 Å². The van der Waals surface area contributed by atoms with Crippen LogP contribution >= 0.6 is 0 Å². The third-order valence-corrected chi connectivity index (χ3v) is 3.18. The first-order chi connectivity index (χ1) is 8.20. The third-order valence-electron chi connectivity index (χ3n) is 3.18. The summed E-state index contributed by atoms with van der Waals surface area (Å²) in [6.45, 7) is 1.90. The summed E-state index contributed by atoms with van der Waals surface area (Å²) in [6, 6.07) is 3.90. The molecule has 0 bridgehead atoms. The van der Waals surface area contributed by atoms with Crippen LogP contribution in [0.4, 0.5) is 5.82 Å². The molecule has 5 nitrogen and oxygen atoms in total. The van der Waals surface area contributed by atoms with Gasteiger partial charge in [0.1, 0.15) is 5.82 Å². The SMILES string of the molecule is CNC1CCCN(c2cc(C(N)=O)ccn2)C1. The Hall–Kier alpha value is -1.62. The summed E-state index contributed by atoms with van der Waals surface area (Å²) in [7, 11) is 1.97. The molecular formula is C12H18N4O. The number of anilines is 1. The lowest BCUT2D eigenvalue weighted by Gasteiger charge is -2.33. The van der Waals surface area contributed by atoms with E-state index in [4.69, 9.17) is 5.73 Å². The van der Waals surface area contributed by atoms with Crippen LogP contribution in [0.25, 0.3) is 0 Å². The minimum absolute atomic E-state index is 0.407. The van der Waals surface area contributed by atoms with Crippen LogP contribution < -0.4 is 16.0 Å². The van der Waals surface area contributed by atoms with Crippen molar-refractivity contribution in [3.8, 4) is 0 Å². The highest BCUT2D eigenvalue weighted by molar-refractivity contribution is 5.93. The molecule has 1 aliphatic heterocycles. The van der Waals surface area contributed by atoms with Crippen molar-refractivity contribution in [2.75, 3.05) is 25.0 Å². The molecule has 0 aromatic carbocycles. The van der Waals surface area contributed by atoms with Crippen molar-refractivity contribution in [2.45, 2.75) is 18.9 Å². The van der Waals surface area contributed by atoms with E-state index in [2.05, 4.69) is 15.2 Å². The number of pyridine rings is 1. The summed E-state index contributed by atoms with van der Waals surface area (Å²) < 4.78 is 0. The van der Waals surface area contributed by atoms with E-state index in [9.17, 15) is 4.79 Å². The number of likely N-dealkylation sites (N-methyl/N-ethyl adjacent to an activating group) is 1. The highest BCUT2D eigenvalue weighted by Crippen LogP contribution is 2.18. The molecule has 92 valence electrons. The van der Waals surface area contributed by atoms with Gasteiger partial charge in [-0.1, -0.05) is 0 Å². The Morgan fingerprint density at radius 3 is 3.18 bits per heavy atom. The van der Waals surface area contributed by atoms with Gasteiger partial charge < -0.3 is 16.0 Å². The second kappa shape index (κ2) is 5.14. The smallest absolute Gasteiger partial charge is 0.248 e. The van der Waals surface area contributed by atoms with Crippen molar-refractivity contribution in [3.63, 3.8) is 0 Å². The summed E-state index contributed by atoms with van der Waals surface area (Å²) in [5.41, 5.74) is 5.78. The molecule has 2 rings (SSSR count). The zero-order valence-corrected chi connectivity index (χ0v) is 10.0. The van der Waals surface area contributed by atoms with Crippen molar-refractivity contribution in [2.24, 2.45) is 5.73 Å². The molecule has 17 heavy (non-hydrogen) atoms. The number of hydrogen-bond acceptors (Lipinski definition) is 4. The normalized spacial score (nSPS) is 20.3. The zero-order chi connectivity index (χ0) is 12.3. The first kappa shape index (κ1) is 11.9. The van der Waals surface area contributed by atoms with Gasteiger partial charge >= 0.3 is 0 Å². The summed E-state index contributed by atoms with van der Waals surface area (Å²) in [5, 5.41) is 3.28. The van der Waals surface area contributed by atoms with Crippen molar-refractivity contribution >= 4 is 11.7 Å². The highest BCUT2D eigenvalue weighted by atomic mass is 16.1. The van der Waals surface area contributed by atoms with E-state index in [0.29, 0.717) is 11.6 Å². The Labute approximate surface area is 101 Å². The predicted molar refractivity (Wildman–Crippen MR) is 67.0 cm³/mol. The Morgan fingerprint density at radius 1 is 1.65 bits per heavy atom. The second-order valence-electron chi connectivity index (χ2n) is 4.34. The number of nitrogens with zero attached hydrogens (tertiary/aromatic N) is 2. The molecule has 1 atom stereocenters. The molecule has 0 saturated carbocycles. The Balaban J connectivity index is 2.16. The van der Waals surface area contributed by atoms with E-state index in [1.54, 1.807) is 18.3 Å². The molecule has 0 spiro atoms. The summed E-state index contributed by atoms with van der Waals surface area (Å²) in [6.07, 6.45) is 3.95. The van der Waals surface area contributed by atoms with Crippen LogP contribution in [0.2, 0.25) is 0 Å². The largest absolute Gasteiger partial charge is 0.366 e. The average molecular weight is 234 g/mol. The standard InChI is InChI=1S/C12H18N4O/c1-14-10-3-2-6-16(8-10)11-7-9(12(13)17)4-5-15-11/h4-5,7,10,14H,2-3,6,8H2,1H3,(H2,13,17). The molecule has 1 unspecified atom stereocenters. The lowest BCUT2D eigenvalue weighted by Crippen LogP contribution is -2.44. The van der Waals surface area contributed by atoms with E-state index < -0.39 is 5.91 Å². The monoisotopic (exact) mass is 234 g/mol. The first-order valence-electron chi connectivity index (χ1n) is 5.89. The second-order valence-corrected chi connectivity index (χ2v) is 4.34. The van der Waals surface area contributed by atoms with Gasteiger partial charge in [0.25, 0.3) is 0 Å². The van der Waals surface area contributed by atoms with Crippen molar-refractivity contribution < 1.29 is 4.79 Å². The molecule has 1 fully saturated rings. The topological polar surface area (TPSA) is 71.2 Å². The number of primary amides is 1. The minimum Gasteiger partial charge on any atom is -0.366 e. The van der Waals surface area contributed by atoms with Crippen molar-refractivity contribution in [1.82, 2.24) is 10.3 Å². The maximum Gasteiger partial charge on any atom is 0.248 e. The molecule has 2 heterocycles. The van der Waals surface area contributed by atoms with E-state index in [1.165, 1.54) is 6.42 Å². The molecule has 3 N–H and O–H groups in total. The van der Waals surface area contributed by atoms with Gasteiger partial charge in [-0.15, -0.1) is 0 Å². The molecule has 5 heteroatoms.